The van der Waals surface area contributed by atoms with Crippen molar-refractivity contribution in [3.8, 4) is 0 Å². The van der Waals surface area contributed by atoms with Crippen molar-refractivity contribution in [1.82, 2.24) is 10.6 Å². The highest BCUT2D eigenvalue weighted by Gasteiger charge is 2.42. The number of carboxylic acid groups (broad SMARTS) is 2. The summed E-state index contributed by atoms with van der Waals surface area (Å²) >= 11 is 0. The van der Waals surface area contributed by atoms with Gasteiger partial charge in [0.15, 0.2) is 0 Å². The lowest BCUT2D eigenvalue weighted by Crippen LogP contribution is -2.51. The Morgan fingerprint density at radius 3 is 2.20 bits per heavy atom. The van der Waals surface area contributed by atoms with Crippen LogP contribution in [0.2, 0.25) is 0 Å². The van der Waals surface area contributed by atoms with Crippen molar-refractivity contribution in [2.45, 2.75) is 84.8 Å². The molecule has 0 aliphatic heterocycles. The van der Waals surface area contributed by atoms with Crippen LogP contribution < -0.4 is 10.6 Å². The molecule has 2 amide bonds. The van der Waals surface area contributed by atoms with Gasteiger partial charge in [-0.3, -0.25) is 19.2 Å². The summed E-state index contributed by atoms with van der Waals surface area (Å²) < 4.78 is 0. The number of hydrogen-bond acceptors (Lipinski definition) is 5. The van der Waals surface area contributed by atoms with E-state index < -0.39 is 35.8 Å². The quantitative estimate of drug-likeness (QED) is 0.354. The molecule has 0 aromatic rings. The number of rotatable bonds is 10. The molecule has 30 heavy (non-hydrogen) atoms. The van der Waals surface area contributed by atoms with Crippen LogP contribution in [0, 0.1) is 16.7 Å². The summed E-state index contributed by atoms with van der Waals surface area (Å²) in [6.07, 6.45) is 1.11. The Morgan fingerprint density at radius 1 is 1.07 bits per heavy atom. The molecule has 9 heteroatoms. The predicted molar refractivity (Wildman–Crippen MR) is 110 cm³/mol. The summed E-state index contributed by atoms with van der Waals surface area (Å²) in [6, 6.07) is -0.144. The van der Waals surface area contributed by atoms with Crippen molar-refractivity contribution in [3.05, 3.63) is 0 Å². The Bertz CT molecular complexity index is 674. The van der Waals surface area contributed by atoms with E-state index >= 15 is 0 Å². The first kappa shape index (κ1) is 25.9. The van der Waals surface area contributed by atoms with E-state index in [2.05, 4.69) is 24.5 Å². The van der Waals surface area contributed by atoms with Gasteiger partial charge in [-0.1, -0.05) is 27.7 Å². The van der Waals surface area contributed by atoms with Crippen molar-refractivity contribution in [2.24, 2.45) is 16.7 Å². The Kier molecular flexibility index (Phi) is 8.42. The molecule has 1 fully saturated rings. The number of hydrogen-bond donors (Lipinski definition) is 5. The van der Waals surface area contributed by atoms with Gasteiger partial charge >= 0.3 is 11.9 Å². The van der Waals surface area contributed by atoms with Gasteiger partial charge in [-0.25, -0.2) is 0 Å². The fraction of sp³-hybridized carbons (Fsp3) is 0.810. The van der Waals surface area contributed by atoms with Crippen LogP contribution in [0.5, 0.6) is 0 Å². The Hall–Kier alpha value is -2.16. The zero-order valence-corrected chi connectivity index (χ0v) is 18.6. The molecule has 0 aromatic carbocycles. The van der Waals surface area contributed by atoms with Crippen LogP contribution in [0.25, 0.3) is 0 Å². The second-order valence-electron chi connectivity index (χ2n) is 10.3. The molecule has 9 nitrogen and oxygen atoms in total. The molecular formula is C21H36N2O7. The van der Waals surface area contributed by atoms with Crippen LogP contribution in [-0.4, -0.2) is 57.3 Å². The molecule has 1 rings (SSSR count). The summed E-state index contributed by atoms with van der Waals surface area (Å²) in [5.41, 5.74) is -2.04. The third-order valence-corrected chi connectivity index (χ3v) is 5.50. The Balaban J connectivity index is 2.72. The van der Waals surface area contributed by atoms with Gasteiger partial charge in [0, 0.05) is 18.5 Å². The first-order valence-electron chi connectivity index (χ1n) is 10.3. The molecule has 1 aliphatic rings. The van der Waals surface area contributed by atoms with Gasteiger partial charge in [0.05, 0.1) is 24.9 Å². The van der Waals surface area contributed by atoms with Crippen molar-refractivity contribution in [1.29, 1.82) is 0 Å². The first-order valence-corrected chi connectivity index (χ1v) is 10.3. The molecule has 5 N–H and O–H groups in total. The number of carboxylic acids is 2. The van der Waals surface area contributed by atoms with Gasteiger partial charge in [0.25, 0.3) is 0 Å². The van der Waals surface area contributed by atoms with Crippen LogP contribution in [0.4, 0.5) is 0 Å². The van der Waals surface area contributed by atoms with E-state index in [-0.39, 0.29) is 35.6 Å². The molecule has 0 saturated heterocycles. The molecule has 0 heterocycles. The van der Waals surface area contributed by atoms with Crippen LogP contribution in [0.1, 0.15) is 73.1 Å². The normalized spacial score (nSPS) is 26.1. The van der Waals surface area contributed by atoms with Crippen molar-refractivity contribution >= 4 is 23.8 Å². The number of aliphatic carboxylic acids is 2. The maximum Gasteiger partial charge on any atom is 0.306 e. The zero-order valence-electron chi connectivity index (χ0n) is 18.6. The fourth-order valence-corrected chi connectivity index (χ4v) is 4.68. The average Bonchev–Trinajstić information content (AvgIpc) is 2.48. The summed E-state index contributed by atoms with van der Waals surface area (Å²) in [5.74, 6) is -3.55. The summed E-state index contributed by atoms with van der Waals surface area (Å²) in [5, 5.41) is 33.5. The minimum atomic E-state index is -1.63. The highest BCUT2D eigenvalue weighted by atomic mass is 16.4. The van der Waals surface area contributed by atoms with E-state index in [0.717, 1.165) is 12.8 Å². The number of nitrogens with one attached hydrogen (secondary N) is 2. The van der Waals surface area contributed by atoms with Gasteiger partial charge in [0.2, 0.25) is 11.8 Å². The molecule has 0 spiro atoms. The van der Waals surface area contributed by atoms with Crippen LogP contribution in [-0.2, 0) is 19.2 Å². The van der Waals surface area contributed by atoms with Gasteiger partial charge in [-0.05, 0) is 37.0 Å². The van der Waals surface area contributed by atoms with Gasteiger partial charge in [-0.15, -0.1) is 0 Å². The third-order valence-electron chi connectivity index (χ3n) is 5.50. The van der Waals surface area contributed by atoms with E-state index in [1.807, 2.05) is 6.92 Å². The van der Waals surface area contributed by atoms with Crippen LogP contribution >= 0.6 is 0 Å². The van der Waals surface area contributed by atoms with Gasteiger partial charge < -0.3 is 26.0 Å². The molecule has 4 unspecified atom stereocenters. The predicted octanol–water partition coefficient (Wildman–Crippen LogP) is 1.53. The summed E-state index contributed by atoms with van der Waals surface area (Å²) in [6.45, 7) is 9.42. The highest BCUT2D eigenvalue weighted by Crippen LogP contribution is 2.45. The van der Waals surface area contributed by atoms with Gasteiger partial charge in [0.1, 0.15) is 0 Å². The largest absolute Gasteiger partial charge is 0.481 e. The number of amides is 2. The topological polar surface area (TPSA) is 153 Å². The molecule has 0 radical (unpaired) electrons. The third kappa shape index (κ3) is 9.11. The number of carbonyl (C=O) groups excluding carboxylic acids is 2. The van der Waals surface area contributed by atoms with Crippen LogP contribution in [0.15, 0.2) is 0 Å². The second kappa shape index (κ2) is 9.76. The smallest absolute Gasteiger partial charge is 0.306 e. The second-order valence-corrected chi connectivity index (χ2v) is 10.3. The monoisotopic (exact) mass is 428 g/mol. The molecule has 0 aromatic heterocycles. The number of aliphatic hydroxyl groups is 1. The fourth-order valence-electron chi connectivity index (χ4n) is 4.68. The first-order chi connectivity index (χ1) is 13.5. The molecule has 1 aliphatic carbocycles. The highest BCUT2D eigenvalue weighted by molar-refractivity contribution is 5.83. The van der Waals surface area contributed by atoms with Crippen molar-refractivity contribution < 1.29 is 34.5 Å². The standard InChI is InChI=1S/C21H36N2O7/c1-13(6-16(25)26)18(29)23-14-7-19(2,3)11-20(4,8-14)12-22-15(24)9-21(5,30)10-17(27)28/h13-14,30H,6-12H2,1-5H3,(H,22,24)(H,23,29)(H,25,26)(H,27,28). The molecule has 172 valence electrons. The van der Waals surface area contributed by atoms with E-state index in [1.54, 1.807) is 6.92 Å². The van der Waals surface area contributed by atoms with E-state index in [4.69, 9.17) is 10.2 Å². The minimum absolute atomic E-state index is 0.0967. The maximum atomic E-state index is 12.4. The Morgan fingerprint density at radius 2 is 1.67 bits per heavy atom. The van der Waals surface area contributed by atoms with E-state index in [9.17, 15) is 24.3 Å². The number of carbonyl (C=O) groups is 4. The zero-order chi connectivity index (χ0) is 23.3. The van der Waals surface area contributed by atoms with Crippen molar-refractivity contribution in [3.63, 3.8) is 0 Å². The summed E-state index contributed by atoms with van der Waals surface area (Å²) in [4.78, 5) is 46.3. The van der Waals surface area contributed by atoms with Crippen molar-refractivity contribution in [2.75, 3.05) is 6.54 Å². The van der Waals surface area contributed by atoms with Gasteiger partial charge in [-0.2, -0.15) is 0 Å². The average molecular weight is 429 g/mol. The van der Waals surface area contributed by atoms with Crippen LogP contribution in [0.3, 0.4) is 0 Å². The molecule has 1 saturated carbocycles. The molecule has 0 bridgehead atoms. The minimum Gasteiger partial charge on any atom is -0.481 e. The molecular weight excluding hydrogens is 392 g/mol. The van der Waals surface area contributed by atoms with E-state index in [1.165, 1.54) is 6.92 Å². The lowest BCUT2D eigenvalue weighted by molar-refractivity contribution is -0.143. The lowest BCUT2D eigenvalue weighted by Gasteiger charge is -2.47. The van der Waals surface area contributed by atoms with E-state index in [0.29, 0.717) is 13.0 Å². The maximum absolute atomic E-state index is 12.4. The molecule has 4 atom stereocenters. The summed E-state index contributed by atoms with van der Waals surface area (Å²) in [7, 11) is 0. The Labute approximate surface area is 177 Å². The lowest BCUT2D eigenvalue weighted by atomic mass is 9.62. The SMILES string of the molecule is CC(CC(=O)O)C(=O)NC1CC(C)(C)CC(C)(CNC(=O)CC(C)(O)CC(=O)O)C1.